The van der Waals surface area contributed by atoms with Crippen molar-refractivity contribution in [3.63, 3.8) is 0 Å². The zero-order chi connectivity index (χ0) is 15.1. The van der Waals surface area contributed by atoms with Gasteiger partial charge >= 0.3 is 0 Å². The maximum atomic E-state index is 12.2. The molecule has 0 unspecified atom stereocenters. The molecule has 0 aromatic heterocycles. The molecule has 1 saturated heterocycles. The molecule has 3 nitrogen and oxygen atoms in total. The quantitative estimate of drug-likeness (QED) is 0.732. The van der Waals surface area contributed by atoms with Gasteiger partial charge < -0.3 is 0 Å². The first-order valence-corrected chi connectivity index (χ1v) is 7.06. The van der Waals surface area contributed by atoms with Gasteiger partial charge in [0.25, 0.3) is 0 Å². The molecule has 1 aromatic carbocycles. The highest BCUT2D eigenvalue weighted by atomic mass is 16.2. The van der Waals surface area contributed by atoms with Gasteiger partial charge in [0.15, 0.2) is 0 Å². The van der Waals surface area contributed by atoms with Crippen molar-refractivity contribution in [3.05, 3.63) is 29.8 Å². The zero-order valence-electron chi connectivity index (χ0n) is 13.0. The number of imide groups is 1. The van der Waals surface area contributed by atoms with Crippen LogP contribution in [0.5, 0.6) is 0 Å². The standard InChI is InChI=1S/C17H23NO2/c1-16(2,3)12-6-8-13(9-7-12)18-14(19)10-17(4,5)11-15(18)20/h6-9H,10-11H2,1-5H3. The molecule has 0 bridgehead atoms. The van der Waals surface area contributed by atoms with E-state index in [1.54, 1.807) is 0 Å². The fraction of sp³-hybridized carbons (Fsp3) is 0.529. The first-order valence-electron chi connectivity index (χ1n) is 7.06. The molecule has 3 heteroatoms. The average Bonchev–Trinajstić information content (AvgIpc) is 2.25. The van der Waals surface area contributed by atoms with Crippen LogP contribution in [0.25, 0.3) is 0 Å². The van der Waals surface area contributed by atoms with Crippen molar-refractivity contribution in [1.29, 1.82) is 0 Å². The van der Waals surface area contributed by atoms with Crippen LogP contribution in [0.3, 0.4) is 0 Å². The van der Waals surface area contributed by atoms with Gasteiger partial charge in [-0.2, -0.15) is 0 Å². The van der Waals surface area contributed by atoms with Crippen LogP contribution >= 0.6 is 0 Å². The molecule has 1 aromatic rings. The molecule has 1 fully saturated rings. The van der Waals surface area contributed by atoms with Crippen LogP contribution in [0.4, 0.5) is 5.69 Å². The molecule has 0 aliphatic carbocycles. The average molecular weight is 273 g/mol. The van der Waals surface area contributed by atoms with Crippen molar-refractivity contribution in [3.8, 4) is 0 Å². The van der Waals surface area contributed by atoms with Gasteiger partial charge in [0.05, 0.1) is 5.69 Å². The number of hydrogen-bond acceptors (Lipinski definition) is 2. The molecule has 1 heterocycles. The Morgan fingerprint density at radius 2 is 1.40 bits per heavy atom. The number of nitrogens with zero attached hydrogens (tertiary/aromatic N) is 1. The topological polar surface area (TPSA) is 37.4 Å². The molecule has 108 valence electrons. The van der Waals surface area contributed by atoms with E-state index in [1.165, 1.54) is 10.5 Å². The van der Waals surface area contributed by atoms with E-state index in [2.05, 4.69) is 20.8 Å². The maximum absolute atomic E-state index is 12.2. The number of carbonyl (C=O) groups is 2. The Hall–Kier alpha value is -1.64. The van der Waals surface area contributed by atoms with Gasteiger partial charge in [0, 0.05) is 12.8 Å². The number of hydrogen-bond donors (Lipinski definition) is 0. The van der Waals surface area contributed by atoms with Gasteiger partial charge in [-0.05, 0) is 28.5 Å². The minimum Gasteiger partial charge on any atom is -0.274 e. The van der Waals surface area contributed by atoms with Crippen molar-refractivity contribution in [1.82, 2.24) is 0 Å². The normalized spacial score (nSPS) is 19.4. The van der Waals surface area contributed by atoms with Crippen LogP contribution in [0.15, 0.2) is 24.3 Å². The summed E-state index contributed by atoms with van der Waals surface area (Å²) in [6.07, 6.45) is 0.833. The molecular weight excluding hydrogens is 250 g/mol. The smallest absolute Gasteiger partial charge is 0.234 e. The van der Waals surface area contributed by atoms with Gasteiger partial charge in [0.2, 0.25) is 11.8 Å². The van der Waals surface area contributed by atoms with Gasteiger partial charge in [-0.1, -0.05) is 46.8 Å². The Balaban J connectivity index is 2.28. The predicted octanol–water partition coefficient (Wildman–Crippen LogP) is 3.66. The molecular formula is C17H23NO2. The van der Waals surface area contributed by atoms with E-state index in [0.717, 1.165) is 0 Å². The third-order valence-corrected chi connectivity index (χ3v) is 3.75. The van der Waals surface area contributed by atoms with Crippen LogP contribution in [-0.4, -0.2) is 11.8 Å². The third kappa shape index (κ3) is 2.92. The van der Waals surface area contributed by atoms with Gasteiger partial charge in [0.1, 0.15) is 0 Å². The summed E-state index contributed by atoms with van der Waals surface area (Å²) in [7, 11) is 0. The van der Waals surface area contributed by atoms with E-state index >= 15 is 0 Å². The number of rotatable bonds is 1. The van der Waals surface area contributed by atoms with E-state index in [1.807, 2.05) is 38.1 Å². The number of carbonyl (C=O) groups excluding carboxylic acids is 2. The first kappa shape index (κ1) is 14.8. The minimum absolute atomic E-state index is 0.0659. The predicted molar refractivity (Wildman–Crippen MR) is 80.7 cm³/mol. The van der Waals surface area contributed by atoms with E-state index in [-0.39, 0.29) is 22.6 Å². The van der Waals surface area contributed by atoms with Gasteiger partial charge in [-0.3, -0.25) is 14.5 Å². The van der Waals surface area contributed by atoms with Crippen molar-refractivity contribution in [2.24, 2.45) is 5.41 Å². The van der Waals surface area contributed by atoms with E-state index in [0.29, 0.717) is 18.5 Å². The molecule has 2 amide bonds. The second-order valence-corrected chi connectivity index (χ2v) is 7.44. The summed E-state index contributed by atoms with van der Waals surface area (Å²) < 4.78 is 0. The molecule has 0 spiro atoms. The fourth-order valence-corrected chi connectivity index (χ4v) is 2.58. The first-order chi connectivity index (χ1) is 9.10. The Morgan fingerprint density at radius 3 is 1.80 bits per heavy atom. The van der Waals surface area contributed by atoms with Crippen LogP contribution < -0.4 is 4.90 Å². The monoisotopic (exact) mass is 273 g/mol. The lowest BCUT2D eigenvalue weighted by molar-refractivity contribution is -0.132. The third-order valence-electron chi connectivity index (χ3n) is 3.75. The highest BCUT2D eigenvalue weighted by molar-refractivity contribution is 6.16. The van der Waals surface area contributed by atoms with Gasteiger partial charge in [-0.15, -0.1) is 0 Å². The van der Waals surface area contributed by atoms with E-state index < -0.39 is 0 Å². The molecule has 1 aliphatic rings. The SMILES string of the molecule is CC1(C)CC(=O)N(c2ccc(C(C)(C)C)cc2)C(=O)C1. The highest BCUT2D eigenvalue weighted by Crippen LogP contribution is 2.34. The largest absolute Gasteiger partial charge is 0.274 e. The summed E-state index contributed by atoms with van der Waals surface area (Å²) in [5.74, 6) is -0.204. The summed E-state index contributed by atoms with van der Waals surface area (Å²) in [6.45, 7) is 10.3. The lowest BCUT2D eigenvalue weighted by Gasteiger charge is -2.34. The van der Waals surface area contributed by atoms with Crippen LogP contribution in [-0.2, 0) is 15.0 Å². The van der Waals surface area contributed by atoms with Crippen LogP contribution in [0.2, 0.25) is 0 Å². The summed E-state index contributed by atoms with van der Waals surface area (Å²) in [5, 5.41) is 0. The van der Waals surface area contributed by atoms with Crippen molar-refractivity contribution < 1.29 is 9.59 Å². The summed E-state index contributed by atoms with van der Waals surface area (Å²) >= 11 is 0. The molecule has 0 saturated carbocycles. The van der Waals surface area contributed by atoms with Crippen molar-refractivity contribution in [2.75, 3.05) is 4.90 Å². The molecule has 0 radical (unpaired) electrons. The summed E-state index contributed by atoms with van der Waals surface area (Å²) in [5.41, 5.74) is 1.72. The lowest BCUT2D eigenvalue weighted by atomic mass is 9.81. The minimum atomic E-state index is -0.226. The van der Waals surface area contributed by atoms with Crippen LogP contribution in [0, 0.1) is 5.41 Å². The van der Waals surface area contributed by atoms with Crippen LogP contribution in [0.1, 0.15) is 53.0 Å². The molecule has 2 rings (SSSR count). The molecule has 1 aliphatic heterocycles. The molecule has 0 N–H and O–H groups in total. The van der Waals surface area contributed by atoms with E-state index in [9.17, 15) is 9.59 Å². The van der Waals surface area contributed by atoms with Gasteiger partial charge in [-0.25, -0.2) is 0 Å². The second kappa shape index (κ2) is 4.72. The summed E-state index contributed by atoms with van der Waals surface area (Å²) in [6, 6.07) is 7.73. The van der Waals surface area contributed by atoms with Crippen molar-refractivity contribution >= 4 is 17.5 Å². The van der Waals surface area contributed by atoms with E-state index in [4.69, 9.17) is 0 Å². The number of piperidine rings is 1. The maximum Gasteiger partial charge on any atom is 0.234 e. The Bertz CT molecular complexity index is 515. The Labute approximate surface area is 121 Å². The second-order valence-electron chi connectivity index (χ2n) is 7.44. The summed E-state index contributed by atoms with van der Waals surface area (Å²) in [4.78, 5) is 25.7. The zero-order valence-corrected chi connectivity index (χ0v) is 13.0. The Morgan fingerprint density at radius 1 is 0.950 bits per heavy atom. The lowest BCUT2D eigenvalue weighted by Crippen LogP contribution is -2.46. The fourth-order valence-electron chi connectivity index (χ4n) is 2.58. The van der Waals surface area contributed by atoms with Crippen molar-refractivity contribution in [2.45, 2.75) is 52.9 Å². The molecule has 20 heavy (non-hydrogen) atoms. The number of anilines is 1. The molecule has 0 atom stereocenters. The Kier molecular flexibility index (Phi) is 3.49. The highest BCUT2D eigenvalue weighted by Gasteiger charge is 2.38. The number of amides is 2. The number of benzene rings is 1.